The van der Waals surface area contributed by atoms with Gasteiger partial charge in [0.15, 0.2) is 0 Å². The molecular weight excluding hydrogens is 661 g/mol. The van der Waals surface area contributed by atoms with Crippen molar-refractivity contribution in [2.45, 2.75) is 66.7 Å². The zero-order chi connectivity index (χ0) is 36.9. The van der Waals surface area contributed by atoms with Crippen molar-refractivity contribution in [2.75, 3.05) is 0 Å². The molecule has 0 spiro atoms. The fraction of sp³-hybridized carbons (Fsp3) is 0.220. The molecule has 2 aromatic heterocycles. The summed E-state index contributed by atoms with van der Waals surface area (Å²) in [5.41, 5.74) is 13.8. The van der Waals surface area contributed by atoms with Crippen LogP contribution in [0.5, 0.6) is 0 Å². The van der Waals surface area contributed by atoms with E-state index in [2.05, 4.69) is 187 Å². The van der Waals surface area contributed by atoms with E-state index in [1.165, 1.54) is 81.5 Å². The molecule has 53 heavy (non-hydrogen) atoms. The standard InChI is InChI=1S/C50H48N2S/c1-8-33-28-38(35-18-12-10-13-19-35)29-34(9-2)47(33)52-27-26-51-48(52)43-31-42-41-30-37(40-23-17-16-22-39(40)36-20-14-11-15-21-36)24-25-45(41)53-46(42)32-44(43)50(6,7)49(3,4)5/h10-32H,8-9H2,1-7H3. The van der Waals surface area contributed by atoms with E-state index in [4.69, 9.17) is 4.98 Å². The lowest BCUT2D eigenvalue weighted by molar-refractivity contribution is 0.226. The van der Waals surface area contributed by atoms with Crippen molar-refractivity contribution in [3.05, 3.63) is 156 Å². The molecular formula is C50H48N2S. The fourth-order valence-electron chi connectivity index (χ4n) is 7.79. The Morgan fingerprint density at radius 1 is 0.547 bits per heavy atom. The van der Waals surface area contributed by atoms with E-state index in [1.54, 1.807) is 0 Å². The second-order valence-corrected chi connectivity index (χ2v) is 16.9. The third kappa shape index (κ3) is 6.11. The number of hydrogen-bond acceptors (Lipinski definition) is 2. The molecule has 0 unspecified atom stereocenters. The van der Waals surface area contributed by atoms with E-state index in [1.807, 2.05) is 17.5 Å². The van der Waals surface area contributed by atoms with Gasteiger partial charge in [0.05, 0.1) is 5.69 Å². The van der Waals surface area contributed by atoms with E-state index in [0.717, 1.165) is 18.7 Å². The lowest BCUT2D eigenvalue weighted by Gasteiger charge is -2.40. The van der Waals surface area contributed by atoms with Crippen LogP contribution in [0.3, 0.4) is 0 Å². The van der Waals surface area contributed by atoms with Crippen LogP contribution in [0, 0.1) is 5.41 Å². The van der Waals surface area contributed by atoms with Gasteiger partial charge in [0.2, 0.25) is 0 Å². The van der Waals surface area contributed by atoms with Crippen molar-refractivity contribution in [1.82, 2.24) is 9.55 Å². The molecule has 0 saturated carbocycles. The van der Waals surface area contributed by atoms with Crippen molar-refractivity contribution in [2.24, 2.45) is 5.41 Å². The Morgan fingerprint density at radius 2 is 1.13 bits per heavy atom. The van der Waals surface area contributed by atoms with Crippen LogP contribution in [0.25, 0.3) is 70.6 Å². The van der Waals surface area contributed by atoms with Crippen LogP contribution in [0.4, 0.5) is 0 Å². The minimum absolute atomic E-state index is 0.0122. The fourth-order valence-corrected chi connectivity index (χ4v) is 8.90. The topological polar surface area (TPSA) is 17.8 Å². The third-order valence-corrected chi connectivity index (χ3v) is 12.9. The number of rotatable bonds is 8. The minimum atomic E-state index is -0.137. The maximum absolute atomic E-state index is 5.20. The highest BCUT2D eigenvalue weighted by Gasteiger charge is 2.37. The molecule has 0 radical (unpaired) electrons. The molecule has 0 amide bonds. The second-order valence-electron chi connectivity index (χ2n) is 15.8. The molecule has 0 saturated heterocycles. The van der Waals surface area contributed by atoms with E-state index < -0.39 is 0 Å². The van der Waals surface area contributed by atoms with Gasteiger partial charge in [-0.3, -0.25) is 4.57 Å². The van der Waals surface area contributed by atoms with Gasteiger partial charge in [-0.15, -0.1) is 11.3 Å². The van der Waals surface area contributed by atoms with Gasteiger partial charge in [-0.1, -0.05) is 139 Å². The molecule has 264 valence electrons. The number of imidazole rings is 1. The molecule has 0 N–H and O–H groups in total. The SMILES string of the molecule is CCc1cc(-c2ccccc2)cc(CC)c1-n1ccnc1-c1cc2c(cc1C(C)(C)C(C)(C)C)sc1ccc(-c3ccccc3-c3ccccc3)cc12. The van der Waals surface area contributed by atoms with Crippen molar-refractivity contribution < 1.29 is 0 Å². The second kappa shape index (κ2) is 13.6. The number of benzene rings is 6. The van der Waals surface area contributed by atoms with E-state index >= 15 is 0 Å². The molecule has 8 aromatic rings. The van der Waals surface area contributed by atoms with Gasteiger partial charge >= 0.3 is 0 Å². The highest BCUT2D eigenvalue weighted by molar-refractivity contribution is 7.25. The first-order valence-electron chi connectivity index (χ1n) is 19.0. The first-order valence-corrected chi connectivity index (χ1v) is 19.8. The van der Waals surface area contributed by atoms with Crippen LogP contribution < -0.4 is 0 Å². The van der Waals surface area contributed by atoms with Crippen LogP contribution in [0.2, 0.25) is 0 Å². The first kappa shape index (κ1) is 34.8. The number of nitrogens with zero attached hydrogens (tertiary/aromatic N) is 2. The van der Waals surface area contributed by atoms with Crippen LogP contribution >= 0.6 is 11.3 Å². The van der Waals surface area contributed by atoms with Crippen LogP contribution in [-0.2, 0) is 18.3 Å². The summed E-state index contributed by atoms with van der Waals surface area (Å²) in [6.45, 7) is 16.4. The normalized spacial score (nSPS) is 12.2. The van der Waals surface area contributed by atoms with Crippen molar-refractivity contribution in [3.63, 3.8) is 0 Å². The largest absolute Gasteiger partial charge is 0.299 e. The van der Waals surface area contributed by atoms with Gasteiger partial charge in [-0.25, -0.2) is 4.98 Å². The molecule has 2 nitrogen and oxygen atoms in total. The van der Waals surface area contributed by atoms with Gasteiger partial charge < -0.3 is 0 Å². The van der Waals surface area contributed by atoms with Gasteiger partial charge in [0, 0.05) is 38.1 Å². The van der Waals surface area contributed by atoms with Crippen molar-refractivity contribution in [3.8, 4) is 50.5 Å². The first-order chi connectivity index (χ1) is 25.6. The Kier molecular flexibility index (Phi) is 8.95. The molecule has 0 bridgehead atoms. The molecule has 0 aliphatic carbocycles. The number of fused-ring (bicyclic) bond motifs is 3. The quantitative estimate of drug-likeness (QED) is 0.154. The van der Waals surface area contributed by atoms with Gasteiger partial charge in [0.25, 0.3) is 0 Å². The molecule has 2 heterocycles. The Hall–Kier alpha value is -5.25. The number of aromatic nitrogens is 2. The maximum Gasteiger partial charge on any atom is 0.144 e. The summed E-state index contributed by atoms with van der Waals surface area (Å²) < 4.78 is 5.00. The third-order valence-electron chi connectivity index (χ3n) is 11.7. The maximum atomic E-state index is 5.20. The van der Waals surface area contributed by atoms with E-state index in [0.29, 0.717) is 0 Å². The van der Waals surface area contributed by atoms with Crippen LogP contribution in [0.15, 0.2) is 140 Å². The smallest absolute Gasteiger partial charge is 0.144 e. The lowest BCUT2D eigenvalue weighted by Crippen LogP contribution is -2.34. The van der Waals surface area contributed by atoms with E-state index in [-0.39, 0.29) is 10.8 Å². The van der Waals surface area contributed by atoms with Gasteiger partial charge in [0.1, 0.15) is 5.82 Å². The number of aryl methyl sites for hydroxylation is 2. The molecule has 3 heteroatoms. The average Bonchev–Trinajstić information content (AvgIpc) is 3.81. The monoisotopic (exact) mass is 708 g/mol. The van der Waals surface area contributed by atoms with Gasteiger partial charge in [-0.2, -0.15) is 0 Å². The Labute approximate surface area is 318 Å². The van der Waals surface area contributed by atoms with Crippen molar-refractivity contribution >= 4 is 31.5 Å². The summed E-state index contributed by atoms with van der Waals surface area (Å²) in [4.78, 5) is 5.20. The Morgan fingerprint density at radius 3 is 1.75 bits per heavy atom. The van der Waals surface area contributed by atoms with Crippen LogP contribution in [0.1, 0.15) is 65.2 Å². The minimum Gasteiger partial charge on any atom is -0.299 e. The predicted molar refractivity (Wildman–Crippen MR) is 229 cm³/mol. The molecule has 0 aliphatic heterocycles. The van der Waals surface area contributed by atoms with E-state index in [9.17, 15) is 0 Å². The Bertz CT molecular complexity index is 2550. The lowest BCUT2D eigenvalue weighted by atomic mass is 9.64. The highest BCUT2D eigenvalue weighted by Crippen LogP contribution is 2.49. The Balaban J connectivity index is 1.36. The molecule has 0 atom stereocenters. The zero-order valence-electron chi connectivity index (χ0n) is 32.0. The number of hydrogen-bond donors (Lipinski definition) is 0. The predicted octanol–water partition coefficient (Wildman–Crippen LogP) is 14.4. The summed E-state index contributed by atoms with van der Waals surface area (Å²) in [5.74, 6) is 1.00. The highest BCUT2D eigenvalue weighted by atomic mass is 32.1. The summed E-state index contributed by atoms with van der Waals surface area (Å²) in [7, 11) is 0. The molecule has 0 fully saturated rings. The average molecular weight is 709 g/mol. The molecule has 6 aromatic carbocycles. The van der Waals surface area contributed by atoms with Crippen molar-refractivity contribution in [1.29, 1.82) is 0 Å². The molecule has 8 rings (SSSR count). The zero-order valence-corrected chi connectivity index (χ0v) is 32.8. The number of thiophene rings is 1. The summed E-state index contributed by atoms with van der Waals surface area (Å²) in [6.07, 6.45) is 6.03. The van der Waals surface area contributed by atoms with Gasteiger partial charge in [-0.05, 0) is 110 Å². The van der Waals surface area contributed by atoms with Crippen LogP contribution in [-0.4, -0.2) is 9.55 Å². The summed E-state index contributed by atoms with van der Waals surface area (Å²) in [6, 6.07) is 47.0. The summed E-state index contributed by atoms with van der Waals surface area (Å²) >= 11 is 1.90. The summed E-state index contributed by atoms with van der Waals surface area (Å²) in [5, 5.41) is 2.58. The molecule has 0 aliphatic rings.